The number of esters is 1. The van der Waals surface area contributed by atoms with Crippen molar-refractivity contribution in [3.63, 3.8) is 0 Å². The fourth-order valence-electron chi connectivity index (χ4n) is 4.04. The van der Waals surface area contributed by atoms with E-state index in [9.17, 15) is 18.0 Å². The number of hydrogen-bond donors (Lipinski definition) is 1. The Bertz CT molecular complexity index is 1260. The van der Waals surface area contributed by atoms with Crippen LogP contribution in [0.15, 0.2) is 71.6 Å². The van der Waals surface area contributed by atoms with Gasteiger partial charge in [0.1, 0.15) is 0 Å². The fraction of sp³-hybridized carbons (Fsp3) is 0.280. The van der Waals surface area contributed by atoms with E-state index in [0.717, 1.165) is 29.2 Å². The van der Waals surface area contributed by atoms with Crippen molar-refractivity contribution < 1.29 is 22.7 Å². The molecule has 0 spiro atoms. The van der Waals surface area contributed by atoms with Crippen LogP contribution in [0.25, 0.3) is 10.8 Å². The van der Waals surface area contributed by atoms with E-state index in [0.29, 0.717) is 13.1 Å². The third-order valence-electron chi connectivity index (χ3n) is 5.79. The van der Waals surface area contributed by atoms with Gasteiger partial charge in [-0.1, -0.05) is 42.5 Å². The van der Waals surface area contributed by atoms with Crippen LogP contribution in [-0.2, 0) is 19.6 Å². The maximum absolute atomic E-state index is 12.6. The Balaban J connectivity index is 1.34. The molecule has 1 saturated heterocycles. The number of hydrogen-bond acceptors (Lipinski definition) is 5. The Morgan fingerprint density at radius 1 is 0.970 bits per heavy atom. The zero-order valence-corrected chi connectivity index (χ0v) is 19.2. The van der Waals surface area contributed by atoms with Gasteiger partial charge in [-0.2, -0.15) is 4.31 Å². The molecule has 3 aromatic rings. The predicted octanol–water partition coefficient (Wildman–Crippen LogP) is 3.66. The van der Waals surface area contributed by atoms with Crippen molar-refractivity contribution in [2.45, 2.75) is 30.7 Å². The first-order valence-electron chi connectivity index (χ1n) is 10.9. The molecule has 1 aliphatic heterocycles. The lowest BCUT2D eigenvalue weighted by Crippen LogP contribution is -2.31. The Morgan fingerprint density at radius 2 is 1.64 bits per heavy atom. The number of fused-ring (bicyclic) bond motifs is 1. The van der Waals surface area contributed by atoms with Crippen LogP contribution in [0.2, 0.25) is 0 Å². The van der Waals surface area contributed by atoms with E-state index in [1.165, 1.54) is 28.6 Å². The van der Waals surface area contributed by atoms with Crippen LogP contribution in [0.3, 0.4) is 0 Å². The van der Waals surface area contributed by atoms with Crippen molar-refractivity contribution in [1.29, 1.82) is 0 Å². The van der Waals surface area contributed by atoms with Gasteiger partial charge in [0.2, 0.25) is 10.0 Å². The SMILES string of the molecule is CC(NC(=O)COC(=O)c1ccc(S(=O)(=O)N2CCCC2)cc1)c1cccc2ccccc12. The summed E-state index contributed by atoms with van der Waals surface area (Å²) < 4.78 is 31.8. The Labute approximate surface area is 193 Å². The van der Waals surface area contributed by atoms with E-state index in [1.807, 2.05) is 49.4 Å². The van der Waals surface area contributed by atoms with Crippen molar-refractivity contribution in [3.8, 4) is 0 Å². The summed E-state index contributed by atoms with van der Waals surface area (Å²) in [6.07, 6.45) is 1.70. The van der Waals surface area contributed by atoms with Crippen LogP contribution in [0.4, 0.5) is 0 Å². The number of ether oxygens (including phenoxy) is 1. The second-order valence-corrected chi connectivity index (χ2v) is 10.0. The number of nitrogens with zero attached hydrogens (tertiary/aromatic N) is 1. The molecule has 3 aromatic carbocycles. The molecular weight excluding hydrogens is 440 g/mol. The molecule has 8 heteroatoms. The molecule has 1 fully saturated rings. The van der Waals surface area contributed by atoms with Crippen molar-refractivity contribution >= 4 is 32.7 Å². The van der Waals surface area contributed by atoms with Crippen molar-refractivity contribution in [1.82, 2.24) is 9.62 Å². The highest BCUT2D eigenvalue weighted by Gasteiger charge is 2.27. The quantitative estimate of drug-likeness (QED) is 0.537. The number of carbonyl (C=O) groups excluding carboxylic acids is 2. The summed E-state index contributed by atoms with van der Waals surface area (Å²) in [5.41, 5.74) is 1.16. The van der Waals surface area contributed by atoms with Crippen molar-refractivity contribution in [2.24, 2.45) is 0 Å². The number of benzene rings is 3. The van der Waals surface area contributed by atoms with Gasteiger partial charge in [0.05, 0.1) is 16.5 Å². The Morgan fingerprint density at radius 3 is 2.36 bits per heavy atom. The molecule has 4 rings (SSSR count). The molecule has 1 atom stereocenters. The van der Waals surface area contributed by atoms with Crippen molar-refractivity contribution in [3.05, 3.63) is 77.9 Å². The second-order valence-electron chi connectivity index (χ2n) is 8.07. The smallest absolute Gasteiger partial charge is 0.338 e. The highest BCUT2D eigenvalue weighted by atomic mass is 32.2. The summed E-state index contributed by atoms with van der Waals surface area (Å²) in [6.45, 7) is 2.47. The van der Waals surface area contributed by atoms with E-state index < -0.39 is 28.5 Å². The molecule has 1 amide bonds. The van der Waals surface area contributed by atoms with Gasteiger partial charge in [0.15, 0.2) is 6.61 Å². The summed E-state index contributed by atoms with van der Waals surface area (Å²) in [5, 5.41) is 4.99. The molecule has 33 heavy (non-hydrogen) atoms. The van der Waals surface area contributed by atoms with E-state index in [1.54, 1.807) is 0 Å². The normalized spacial score (nSPS) is 15.3. The molecular formula is C25H26N2O5S. The Kier molecular flexibility index (Phi) is 6.76. The van der Waals surface area contributed by atoms with Gasteiger partial charge in [0.25, 0.3) is 5.91 Å². The second kappa shape index (κ2) is 9.72. The predicted molar refractivity (Wildman–Crippen MR) is 125 cm³/mol. The third kappa shape index (κ3) is 5.07. The molecule has 0 bridgehead atoms. The number of sulfonamides is 1. The topological polar surface area (TPSA) is 92.8 Å². The average Bonchev–Trinajstić information content (AvgIpc) is 3.38. The highest BCUT2D eigenvalue weighted by molar-refractivity contribution is 7.89. The molecule has 0 radical (unpaired) electrons. The van der Waals surface area contributed by atoms with Gasteiger partial charge in [0, 0.05) is 13.1 Å². The van der Waals surface area contributed by atoms with E-state index in [-0.39, 0.29) is 16.5 Å². The average molecular weight is 467 g/mol. The summed E-state index contributed by atoms with van der Waals surface area (Å²) >= 11 is 0. The van der Waals surface area contributed by atoms with Crippen LogP contribution < -0.4 is 5.32 Å². The van der Waals surface area contributed by atoms with Crippen LogP contribution in [0.1, 0.15) is 41.7 Å². The van der Waals surface area contributed by atoms with Gasteiger partial charge in [-0.25, -0.2) is 13.2 Å². The largest absolute Gasteiger partial charge is 0.452 e. The minimum atomic E-state index is -3.55. The Hall–Kier alpha value is -3.23. The zero-order chi connectivity index (χ0) is 23.4. The molecule has 0 aliphatic carbocycles. The summed E-state index contributed by atoms with van der Waals surface area (Å²) in [5.74, 6) is -1.11. The van der Waals surface area contributed by atoms with E-state index in [2.05, 4.69) is 5.32 Å². The lowest BCUT2D eigenvalue weighted by Gasteiger charge is -2.17. The van der Waals surface area contributed by atoms with Gasteiger partial charge in [-0.05, 0) is 60.4 Å². The summed E-state index contributed by atoms with van der Waals surface area (Å²) in [7, 11) is -3.55. The molecule has 1 heterocycles. The minimum absolute atomic E-state index is 0.141. The lowest BCUT2D eigenvalue weighted by atomic mass is 10.00. The zero-order valence-electron chi connectivity index (χ0n) is 18.4. The third-order valence-corrected chi connectivity index (χ3v) is 7.71. The van der Waals surface area contributed by atoms with E-state index in [4.69, 9.17) is 4.74 Å². The van der Waals surface area contributed by atoms with Crippen molar-refractivity contribution in [2.75, 3.05) is 19.7 Å². The molecule has 7 nitrogen and oxygen atoms in total. The molecule has 1 aliphatic rings. The first-order valence-corrected chi connectivity index (χ1v) is 12.3. The number of rotatable bonds is 7. The maximum Gasteiger partial charge on any atom is 0.338 e. The first-order chi connectivity index (χ1) is 15.9. The summed E-state index contributed by atoms with van der Waals surface area (Å²) in [4.78, 5) is 24.8. The molecule has 172 valence electrons. The highest BCUT2D eigenvalue weighted by Crippen LogP contribution is 2.24. The van der Waals surface area contributed by atoms with Gasteiger partial charge in [-0.3, -0.25) is 4.79 Å². The molecule has 0 saturated carbocycles. The van der Waals surface area contributed by atoms with Gasteiger partial charge < -0.3 is 10.1 Å². The summed E-state index contributed by atoms with van der Waals surface area (Å²) in [6, 6.07) is 19.2. The molecule has 0 aromatic heterocycles. The monoisotopic (exact) mass is 466 g/mol. The van der Waals surface area contributed by atoms with Crippen LogP contribution >= 0.6 is 0 Å². The lowest BCUT2D eigenvalue weighted by molar-refractivity contribution is -0.124. The maximum atomic E-state index is 12.6. The number of amides is 1. The van der Waals surface area contributed by atoms with Crippen LogP contribution in [0.5, 0.6) is 0 Å². The van der Waals surface area contributed by atoms with Gasteiger partial charge >= 0.3 is 5.97 Å². The van der Waals surface area contributed by atoms with Crippen LogP contribution in [-0.4, -0.2) is 44.3 Å². The first kappa shape index (κ1) is 22.9. The fourth-order valence-corrected chi connectivity index (χ4v) is 5.56. The molecule has 1 N–H and O–H groups in total. The standard InChI is InChI=1S/C25H26N2O5S/c1-18(22-10-6-8-19-7-2-3-9-23(19)22)26-24(28)17-32-25(29)20-11-13-21(14-12-20)33(30,31)27-15-4-5-16-27/h2-3,6-14,18H,4-5,15-17H2,1H3,(H,26,28). The van der Waals surface area contributed by atoms with E-state index >= 15 is 0 Å². The minimum Gasteiger partial charge on any atom is -0.452 e. The van der Waals surface area contributed by atoms with Gasteiger partial charge in [-0.15, -0.1) is 0 Å². The molecule has 1 unspecified atom stereocenters. The van der Waals surface area contributed by atoms with Crippen LogP contribution in [0, 0.1) is 0 Å². The number of nitrogens with one attached hydrogen (secondary N) is 1. The number of carbonyl (C=O) groups is 2.